The third-order valence-corrected chi connectivity index (χ3v) is 8.41. The zero-order chi connectivity index (χ0) is 23.6. The number of sulfonamides is 1. The first-order valence-electron chi connectivity index (χ1n) is 10.7. The topological polar surface area (TPSA) is 105 Å². The summed E-state index contributed by atoms with van der Waals surface area (Å²) in [5.41, 5.74) is 3.45. The number of piperidine rings is 1. The number of carbonyl (C=O) groups excluding carboxylic acids is 1. The molecular formula is C23H26N4O4S2. The Balaban J connectivity index is 1.57. The Morgan fingerprint density at radius 1 is 1.27 bits per heavy atom. The van der Waals surface area contributed by atoms with E-state index >= 15 is 0 Å². The van der Waals surface area contributed by atoms with Gasteiger partial charge in [0.05, 0.1) is 5.92 Å². The molecule has 2 aromatic heterocycles. The number of thiazole rings is 1. The van der Waals surface area contributed by atoms with Crippen molar-refractivity contribution in [2.75, 3.05) is 18.4 Å². The SMILES string of the molecule is Cc1ccc(C)c(/C=C/c2onc(C)c2S(=O)(=O)N2CCCC(C(=O)Nc3nccs3)C2)c1. The van der Waals surface area contributed by atoms with Crippen LogP contribution in [0.5, 0.6) is 0 Å². The van der Waals surface area contributed by atoms with Crippen molar-refractivity contribution in [3.8, 4) is 0 Å². The highest BCUT2D eigenvalue weighted by molar-refractivity contribution is 7.89. The molecule has 33 heavy (non-hydrogen) atoms. The second-order valence-corrected chi connectivity index (χ2v) is 11.0. The summed E-state index contributed by atoms with van der Waals surface area (Å²) in [7, 11) is -3.90. The summed E-state index contributed by atoms with van der Waals surface area (Å²) in [6.45, 7) is 6.05. The molecule has 3 heterocycles. The second kappa shape index (κ2) is 9.58. The Hall–Kier alpha value is -2.82. The third kappa shape index (κ3) is 5.07. The number of carbonyl (C=O) groups is 1. The molecule has 0 aliphatic carbocycles. The summed E-state index contributed by atoms with van der Waals surface area (Å²) in [6.07, 6.45) is 6.30. The molecule has 1 aliphatic rings. The van der Waals surface area contributed by atoms with Crippen molar-refractivity contribution >= 4 is 44.6 Å². The van der Waals surface area contributed by atoms with Crippen LogP contribution >= 0.6 is 11.3 Å². The van der Waals surface area contributed by atoms with Crippen LogP contribution in [0.25, 0.3) is 12.2 Å². The predicted octanol–water partition coefficient (Wildman–Crippen LogP) is 4.27. The normalized spacial score (nSPS) is 17.5. The van der Waals surface area contributed by atoms with Gasteiger partial charge in [0, 0.05) is 24.7 Å². The molecule has 0 spiro atoms. The minimum atomic E-state index is -3.90. The van der Waals surface area contributed by atoms with E-state index in [1.165, 1.54) is 15.6 Å². The van der Waals surface area contributed by atoms with Gasteiger partial charge in [-0.3, -0.25) is 4.79 Å². The van der Waals surface area contributed by atoms with Gasteiger partial charge in [0.1, 0.15) is 5.69 Å². The molecule has 1 aliphatic heterocycles. The summed E-state index contributed by atoms with van der Waals surface area (Å²) in [6, 6.07) is 6.07. The molecule has 1 aromatic carbocycles. The van der Waals surface area contributed by atoms with Gasteiger partial charge in [0.25, 0.3) is 0 Å². The number of amides is 1. The van der Waals surface area contributed by atoms with Crippen molar-refractivity contribution in [3.05, 3.63) is 57.9 Å². The van der Waals surface area contributed by atoms with Crippen LogP contribution in [-0.4, -0.2) is 41.9 Å². The average Bonchev–Trinajstić information content (AvgIpc) is 3.44. The zero-order valence-corrected chi connectivity index (χ0v) is 20.4. The fraction of sp³-hybridized carbons (Fsp3) is 0.348. The first kappa shape index (κ1) is 23.3. The number of nitrogens with zero attached hydrogens (tertiary/aromatic N) is 3. The van der Waals surface area contributed by atoms with Gasteiger partial charge >= 0.3 is 0 Å². The van der Waals surface area contributed by atoms with Crippen LogP contribution in [0.3, 0.4) is 0 Å². The number of aryl methyl sites for hydroxylation is 3. The Labute approximate surface area is 197 Å². The highest BCUT2D eigenvalue weighted by Crippen LogP contribution is 2.30. The van der Waals surface area contributed by atoms with E-state index in [-0.39, 0.29) is 23.1 Å². The minimum Gasteiger partial charge on any atom is -0.355 e. The summed E-state index contributed by atoms with van der Waals surface area (Å²) in [5.74, 6) is -0.490. The number of nitrogens with one attached hydrogen (secondary N) is 1. The van der Waals surface area contributed by atoms with E-state index in [0.29, 0.717) is 30.2 Å². The Morgan fingerprint density at radius 2 is 2.09 bits per heavy atom. The van der Waals surface area contributed by atoms with Gasteiger partial charge in [-0.05, 0) is 50.8 Å². The first-order chi connectivity index (χ1) is 15.8. The predicted molar refractivity (Wildman–Crippen MR) is 128 cm³/mol. The fourth-order valence-corrected chi connectivity index (χ4v) is 6.21. The van der Waals surface area contributed by atoms with E-state index in [4.69, 9.17) is 4.52 Å². The van der Waals surface area contributed by atoms with Crippen molar-refractivity contribution in [2.24, 2.45) is 5.92 Å². The van der Waals surface area contributed by atoms with Crippen LogP contribution in [0, 0.1) is 26.7 Å². The molecule has 174 valence electrons. The van der Waals surface area contributed by atoms with Gasteiger partial charge in [-0.1, -0.05) is 35.0 Å². The molecule has 1 amide bonds. The van der Waals surface area contributed by atoms with Gasteiger partial charge in [0.2, 0.25) is 15.9 Å². The molecule has 10 heteroatoms. The Kier molecular flexibility index (Phi) is 6.78. The highest BCUT2D eigenvalue weighted by Gasteiger charge is 2.37. The standard InChI is InChI=1S/C23H26N4O4S2/c1-15-6-7-16(2)18(13-15)8-9-20-21(17(3)26-31-20)33(29,30)27-11-4-5-19(14-27)22(28)25-23-24-10-12-32-23/h6-10,12-13,19H,4-5,11,14H2,1-3H3,(H,24,25,28)/b9-8+. The molecule has 1 saturated heterocycles. The molecule has 8 nitrogen and oxygen atoms in total. The smallest absolute Gasteiger partial charge is 0.248 e. The molecule has 1 unspecified atom stereocenters. The number of anilines is 1. The molecule has 0 bridgehead atoms. The van der Waals surface area contributed by atoms with Gasteiger partial charge in [-0.25, -0.2) is 13.4 Å². The van der Waals surface area contributed by atoms with E-state index in [9.17, 15) is 13.2 Å². The quantitative estimate of drug-likeness (QED) is 0.558. The van der Waals surface area contributed by atoms with Crippen LogP contribution < -0.4 is 5.32 Å². The summed E-state index contributed by atoms with van der Waals surface area (Å²) in [4.78, 5) is 16.8. The number of benzene rings is 1. The van der Waals surface area contributed by atoms with Crippen molar-refractivity contribution in [1.82, 2.24) is 14.4 Å². The molecule has 0 saturated carbocycles. The molecule has 0 radical (unpaired) electrons. The minimum absolute atomic E-state index is 0.0463. The lowest BCUT2D eigenvalue weighted by Crippen LogP contribution is -2.43. The number of hydrogen-bond acceptors (Lipinski definition) is 7. The second-order valence-electron chi connectivity index (χ2n) is 8.18. The van der Waals surface area contributed by atoms with Crippen molar-refractivity contribution < 1.29 is 17.7 Å². The lowest BCUT2D eigenvalue weighted by atomic mass is 9.99. The van der Waals surface area contributed by atoms with Crippen molar-refractivity contribution in [3.63, 3.8) is 0 Å². The van der Waals surface area contributed by atoms with Gasteiger partial charge in [0.15, 0.2) is 15.8 Å². The van der Waals surface area contributed by atoms with Gasteiger partial charge in [-0.2, -0.15) is 4.31 Å². The van der Waals surface area contributed by atoms with E-state index < -0.39 is 15.9 Å². The lowest BCUT2D eigenvalue weighted by molar-refractivity contribution is -0.120. The van der Waals surface area contributed by atoms with Crippen molar-refractivity contribution in [2.45, 2.75) is 38.5 Å². The average molecular weight is 487 g/mol. The maximum absolute atomic E-state index is 13.6. The van der Waals surface area contributed by atoms with E-state index in [2.05, 4.69) is 15.5 Å². The summed E-state index contributed by atoms with van der Waals surface area (Å²) in [5, 5.41) is 8.97. The van der Waals surface area contributed by atoms with Crippen LogP contribution in [0.1, 0.15) is 41.0 Å². The van der Waals surface area contributed by atoms with Gasteiger partial charge < -0.3 is 9.84 Å². The maximum Gasteiger partial charge on any atom is 0.248 e. The fourth-order valence-electron chi connectivity index (χ4n) is 3.90. The highest BCUT2D eigenvalue weighted by atomic mass is 32.2. The number of hydrogen-bond donors (Lipinski definition) is 1. The molecule has 1 fully saturated rings. The monoisotopic (exact) mass is 486 g/mol. The molecule has 1 N–H and O–H groups in total. The number of rotatable bonds is 6. The van der Waals surface area contributed by atoms with E-state index in [0.717, 1.165) is 16.7 Å². The van der Waals surface area contributed by atoms with Crippen LogP contribution in [0.4, 0.5) is 5.13 Å². The Morgan fingerprint density at radius 3 is 2.85 bits per heavy atom. The largest absolute Gasteiger partial charge is 0.355 e. The van der Waals surface area contributed by atoms with Crippen LogP contribution in [0.15, 0.2) is 39.2 Å². The van der Waals surface area contributed by atoms with Crippen LogP contribution in [-0.2, 0) is 14.8 Å². The third-order valence-electron chi connectivity index (χ3n) is 5.70. The molecule has 3 aromatic rings. The maximum atomic E-state index is 13.6. The van der Waals surface area contributed by atoms with Gasteiger partial charge in [-0.15, -0.1) is 11.3 Å². The molecule has 4 rings (SSSR count). The lowest BCUT2D eigenvalue weighted by Gasteiger charge is -2.30. The van der Waals surface area contributed by atoms with Crippen LogP contribution in [0.2, 0.25) is 0 Å². The first-order valence-corrected chi connectivity index (χ1v) is 13.0. The molecule has 1 atom stereocenters. The van der Waals surface area contributed by atoms with E-state index in [1.54, 1.807) is 24.6 Å². The van der Waals surface area contributed by atoms with Crippen molar-refractivity contribution in [1.29, 1.82) is 0 Å². The summed E-state index contributed by atoms with van der Waals surface area (Å²) >= 11 is 1.33. The zero-order valence-electron chi connectivity index (χ0n) is 18.7. The van der Waals surface area contributed by atoms with E-state index in [1.807, 2.05) is 38.1 Å². The Bertz CT molecular complexity index is 1280. The number of aromatic nitrogens is 2. The molecular weight excluding hydrogens is 460 g/mol. The summed E-state index contributed by atoms with van der Waals surface area (Å²) < 4.78 is 33.9.